The van der Waals surface area contributed by atoms with Crippen LogP contribution in [0.5, 0.6) is 0 Å². The lowest BCUT2D eigenvalue weighted by Gasteiger charge is -2.16. The van der Waals surface area contributed by atoms with E-state index in [9.17, 15) is 0 Å². The molecule has 110 valence electrons. The molecule has 1 atom stereocenters. The second-order valence-corrected chi connectivity index (χ2v) is 5.41. The standard InChI is InChI=1S/C17H21N3O/c1-4-9-18-16(14-8-10-19-20(14)3)15-11-13-7-5-6-12(2)17(13)21-15/h5-8,10-11,16,18H,4,9H2,1-3H3. The van der Waals surface area contributed by atoms with E-state index in [1.807, 2.05) is 24.0 Å². The van der Waals surface area contributed by atoms with Gasteiger partial charge in [0.25, 0.3) is 0 Å². The molecule has 4 nitrogen and oxygen atoms in total. The lowest BCUT2D eigenvalue weighted by molar-refractivity contribution is 0.451. The first-order valence-electron chi connectivity index (χ1n) is 7.41. The van der Waals surface area contributed by atoms with E-state index in [0.717, 1.165) is 41.0 Å². The smallest absolute Gasteiger partial charge is 0.137 e. The van der Waals surface area contributed by atoms with Crippen molar-refractivity contribution < 1.29 is 4.42 Å². The molecule has 0 bridgehead atoms. The molecular weight excluding hydrogens is 262 g/mol. The summed E-state index contributed by atoms with van der Waals surface area (Å²) in [5.74, 6) is 0.941. The molecule has 2 heterocycles. The maximum Gasteiger partial charge on any atom is 0.137 e. The fourth-order valence-corrected chi connectivity index (χ4v) is 2.68. The van der Waals surface area contributed by atoms with E-state index < -0.39 is 0 Å². The molecule has 0 aliphatic carbocycles. The summed E-state index contributed by atoms with van der Waals surface area (Å²) >= 11 is 0. The van der Waals surface area contributed by atoms with Gasteiger partial charge in [-0.05, 0) is 37.6 Å². The first-order valence-corrected chi connectivity index (χ1v) is 7.41. The summed E-state index contributed by atoms with van der Waals surface area (Å²) in [6.07, 6.45) is 2.90. The van der Waals surface area contributed by atoms with Crippen molar-refractivity contribution in [2.24, 2.45) is 7.05 Å². The Bertz CT molecular complexity index is 741. The fraction of sp³-hybridized carbons (Fsp3) is 0.353. The lowest BCUT2D eigenvalue weighted by atomic mass is 10.1. The van der Waals surface area contributed by atoms with Crippen LogP contribution in [0.2, 0.25) is 0 Å². The van der Waals surface area contributed by atoms with Gasteiger partial charge in [-0.2, -0.15) is 5.10 Å². The third-order valence-corrected chi connectivity index (χ3v) is 3.80. The minimum atomic E-state index is 0.0317. The minimum absolute atomic E-state index is 0.0317. The summed E-state index contributed by atoms with van der Waals surface area (Å²) in [7, 11) is 1.96. The maximum absolute atomic E-state index is 6.13. The van der Waals surface area contributed by atoms with Gasteiger partial charge in [-0.3, -0.25) is 4.68 Å². The van der Waals surface area contributed by atoms with Crippen LogP contribution in [0, 0.1) is 6.92 Å². The molecule has 0 saturated heterocycles. The average Bonchev–Trinajstić information content (AvgIpc) is 3.07. The predicted octanol–water partition coefficient (Wildman–Crippen LogP) is 3.56. The third kappa shape index (κ3) is 2.59. The van der Waals surface area contributed by atoms with Gasteiger partial charge in [0.2, 0.25) is 0 Å². The van der Waals surface area contributed by atoms with Crippen molar-refractivity contribution >= 4 is 11.0 Å². The number of rotatable bonds is 5. The van der Waals surface area contributed by atoms with Gasteiger partial charge in [-0.25, -0.2) is 0 Å². The molecule has 3 rings (SSSR count). The van der Waals surface area contributed by atoms with E-state index in [4.69, 9.17) is 4.42 Å². The summed E-state index contributed by atoms with van der Waals surface area (Å²) < 4.78 is 8.03. The van der Waals surface area contributed by atoms with Crippen LogP contribution in [-0.4, -0.2) is 16.3 Å². The molecule has 3 aromatic rings. The van der Waals surface area contributed by atoms with E-state index >= 15 is 0 Å². The number of para-hydroxylation sites is 1. The topological polar surface area (TPSA) is 43.0 Å². The van der Waals surface area contributed by atoms with Crippen molar-refractivity contribution in [1.82, 2.24) is 15.1 Å². The quantitative estimate of drug-likeness (QED) is 0.778. The average molecular weight is 283 g/mol. The Labute approximate surface area is 124 Å². The number of hydrogen-bond acceptors (Lipinski definition) is 3. The molecule has 0 saturated carbocycles. The monoisotopic (exact) mass is 283 g/mol. The molecule has 0 aliphatic rings. The summed E-state index contributed by atoms with van der Waals surface area (Å²) in [6, 6.07) is 10.4. The number of aryl methyl sites for hydroxylation is 2. The molecule has 0 radical (unpaired) electrons. The Morgan fingerprint density at radius 1 is 1.33 bits per heavy atom. The largest absolute Gasteiger partial charge is 0.459 e. The number of furan rings is 1. The fourth-order valence-electron chi connectivity index (χ4n) is 2.68. The maximum atomic E-state index is 6.13. The van der Waals surface area contributed by atoms with E-state index in [-0.39, 0.29) is 6.04 Å². The number of hydrogen-bond donors (Lipinski definition) is 1. The Balaban J connectivity index is 2.05. The molecular formula is C17H21N3O. The SMILES string of the molecule is CCCNC(c1cc2cccc(C)c2o1)c1ccnn1C. The molecule has 0 amide bonds. The van der Waals surface area contributed by atoms with Gasteiger partial charge in [0.05, 0.1) is 5.69 Å². The molecule has 21 heavy (non-hydrogen) atoms. The van der Waals surface area contributed by atoms with Crippen LogP contribution in [0.3, 0.4) is 0 Å². The highest BCUT2D eigenvalue weighted by Gasteiger charge is 2.21. The van der Waals surface area contributed by atoms with Crippen LogP contribution in [0.15, 0.2) is 40.9 Å². The highest BCUT2D eigenvalue weighted by molar-refractivity contribution is 5.81. The second kappa shape index (κ2) is 5.74. The highest BCUT2D eigenvalue weighted by atomic mass is 16.3. The van der Waals surface area contributed by atoms with Crippen LogP contribution in [0.25, 0.3) is 11.0 Å². The number of benzene rings is 1. The Kier molecular flexibility index (Phi) is 3.80. The van der Waals surface area contributed by atoms with Crippen molar-refractivity contribution in [3.63, 3.8) is 0 Å². The molecule has 2 aromatic heterocycles. The molecule has 0 aliphatic heterocycles. The molecule has 4 heteroatoms. The van der Waals surface area contributed by atoms with E-state index in [2.05, 4.69) is 48.5 Å². The number of nitrogens with one attached hydrogen (secondary N) is 1. The van der Waals surface area contributed by atoms with Crippen molar-refractivity contribution in [1.29, 1.82) is 0 Å². The van der Waals surface area contributed by atoms with E-state index in [0.29, 0.717) is 0 Å². The molecule has 0 fully saturated rings. The van der Waals surface area contributed by atoms with Crippen molar-refractivity contribution in [2.75, 3.05) is 6.54 Å². The molecule has 1 N–H and O–H groups in total. The van der Waals surface area contributed by atoms with Crippen LogP contribution in [0.4, 0.5) is 0 Å². The summed E-state index contributed by atoms with van der Waals surface area (Å²) in [4.78, 5) is 0. The van der Waals surface area contributed by atoms with E-state index in [1.165, 1.54) is 0 Å². The number of fused-ring (bicyclic) bond motifs is 1. The van der Waals surface area contributed by atoms with Gasteiger partial charge >= 0.3 is 0 Å². The minimum Gasteiger partial charge on any atom is -0.459 e. The first-order chi connectivity index (χ1) is 10.2. The summed E-state index contributed by atoms with van der Waals surface area (Å²) in [5, 5.41) is 8.98. The third-order valence-electron chi connectivity index (χ3n) is 3.80. The normalized spacial score (nSPS) is 12.9. The Morgan fingerprint density at radius 2 is 2.19 bits per heavy atom. The molecule has 0 spiro atoms. The zero-order chi connectivity index (χ0) is 14.8. The van der Waals surface area contributed by atoms with Gasteiger partial charge in [0, 0.05) is 18.6 Å². The van der Waals surface area contributed by atoms with Gasteiger partial charge in [0.15, 0.2) is 0 Å². The van der Waals surface area contributed by atoms with Gasteiger partial charge in [-0.1, -0.05) is 25.1 Å². The Hall–Kier alpha value is -2.07. The van der Waals surface area contributed by atoms with Crippen LogP contribution in [0.1, 0.15) is 36.4 Å². The van der Waals surface area contributed by atoms with Crippen molar-refractivity contribution in [3.05, 3.63) is 53.5 Å². The number of aromatic nitrogens is 2. The summed E-state index contributed by atoms with van der Waals surface area (Å²) in [6.45, 7) is 5.18. The summed E-state index contributed by atoms with van der Waals surface area (Å²) in [5.41, 5.74) is 3.25. The lowest BCUT2D eigenvalue weighted by Crippen LogP contribution is -2.24. The van der Waals surface area contributed by atoms with Crippen LogP contribution in [-0.2, 0) is 7.05 Å². The highest BCUT2D eigenvalue weighted by Crippen LogP contribution is 2.29. The van der Waals surface area contributed by atoms with Gasteiger partial charge in [0.1, 0.15) is 17.4 Å². The van der Waals surface area contributed by atoms with Crippen LogP contribution < -0.4 is 5.32 Å². The predicted molar refractivity (Wildman–Crippen MR) is 84.3 cm³/mol. The molecule has 1 aromatic carbocycles. The van der Waals surface area contributed by atoms with E-state index in [1.54, 1.807) is 0 Å². The zero-order valence-electron chi connectivity index (χ0n) is 12.8. The first kappa shape index (κ1) is 13.9. The second-order valence-electron chi connectivity index (χ2n) is 5.41. The Morgan fingerprint density at radius 3 is 2.86 bits per heavy atom. The van der Waals surface area contributed by atoms with Gasteiger partial charge < -0.3 is 9.73 Å². The zero-order valence-corrected chi connectivity index (χ0v) is 12.8. The van der Waals surface area contributed by atoms with Gasteiger partial charge in [-0.15, -0.1) is 0 Å². The number of nitrogens with zero attached hydrogens (tertiary/aromatic N) is 2. The van der Waals surface area contributed by atoms with Crippen LogP contribution >= 0.6 is 0 Å². The molecule has 1 unspecified atom stereocenters. The van der Waals surface area contributed by atoms with Crippen molar-refractivity contribution in [3.8, 4) is 0 Å². The van der Waals surface area contributed by atoms with Crippen molar-refractivity contribution in [2.45, 2.75) is 26.3 Å².